The highest BCUT2D eigenvalue weighted by Gasteiger charge is 2.03. The van der Waals surface area contributed by atoms with Crippen molar-refractivity contribution in [2.75, 3.05) is 0 Å². The van der Waals surface area contributed by atoms with Gasteiger partial charge in [0.2, 0.25) is 0 Å². The van der Waals surface area contributed by atoms with Gasteiger partial charge in [-0.15, -0.1) is 5.10 Å². The van der Waals surface area contributed by atoms with Crippen molar-refractivity contribution in [3.05, 3.63) is 24.3 Å². The van der Waals surface area contributed by atoms with Crippen LogP contribution in [0.1, 0.15) is 0 Å². The van der Waals surface area contributed by atoms with Crippen molar-refractivity contribution in [2.45, 2.75) is 0 Å². The Morgan fingerprint density at radius 3 is 3.00 bits per heavy atom. The molecule has 1 aromatic heterocycles. The summed E-state index contributed by atoms with van der Waals surface area (Å²) < 4.78 is 0. The number of fused-ring (bicyclic) bond motifs is 1. The number of hydrogen-bond acceptors (Lipinski definition) is 4. The van der Waals surface area contributed by atoms with Crippen molar-refractivity contribution in [2.24, 2.45) is 5.73 Å². The number of para-hydroxylation sites is 1. The van der Waals surface area contributed by atoms with Crippen LogP contribution in [0.25, 0.3) is 11.0 Å². The van der Waals surface area contributed by atoms with Crippen LogP contribution in [0, 0.1) is 5.41 Å². The molecule has 0 saturated carbocycles. The lowest BCUT2D eigenvalue weighted by molar-refractivity contribution is 0.220. The number of aromatic nitrogens is 3. The van der Waals surface area contributed by atoms with Gasteiger partial charge in [0.25, 0.3) is 0 Å². The van der Waals surface area contributed by atoms with Gasteiger partial charge >= 0.3 is 6.02 Å². The van der Waals surface area contributed by atoms with Crippen molar-refractivity contribution in [1.82, 2.24) is 15.2 Å². The van der Waals surface area contributed by atoms with E-state index in [1.54, 1.807) is 12.1 Å². The maximum absolute atomic E-state index is 6.91. The van der Waals surface area contributed by atoms with Gasteiger partial charge in [-0.25, -0.2) is 5.41 Å². The van der Waals surface area contributed by atoms with Crippen LogP contribution in [0.5, 0.6) is 0 Å². The Morgan fingerprint density at radius 1 is 1.46 bits per heavy atom. The average molecular weight is 177 g/mol. The first-order chi connectivity index (χ1) is 6.27. The van der Waals surface area contributed by atoms with E-state index in [9.17, 15) is 0 Å². The number of amidine groups is 1. The summed E-state index contributed by atoms with van der Waals surface area (Å²) in [6.07, 6.45) is 0. The summed E-state index contributed by atoms with van der Waals surface area (Å²) in [4.78, 5) is 5.88. The first-order valence-corrected chi connectivity index (χ1v) is 3.60. The largest absolute Gasteiger partial charge is 0.352 e. The highest BCUT2D eigenvalue weighted by molar-refractivity contribution is 5.75. The quantitative estimate of drug-likeness (QED) is 0.464. The van der Waals surface area contributed by atoms with E-state index < -0.39 is 6.02 Å². The SMILES string of the molecule is N=C(N)On1nnc2ccccc21. The Balaban J connectivity index is 2.51. The summed E-state index contributed by atoms with van der Waals surface area (Å²) in [7, 11) is 0. The van der Waals surface area contributed by atoms with E-state index in [2.05, 4.69) is 10.3 Å². The molecule has 0 aliphatic carbocycles. The third-order valence-corrected chi connectivity index (χ3v) is 1.51. The minimum Gasteiger partial charge on any atom is -0.352 e. The van der Waals surface area contributed by atoms with Crippen LogP contribution >= 0.6 is 0 Å². The van der Waals surface area contributed by atoms with Gasteiger partial charge in [-0.2, -0.15) is 0 Å². The third kappa shape index (κ3) is 1.28. The zero-order valence-electron chi connectivity index (χ0n) is 6.64. The molecule has 0 unspecified atom stereocenters. The van der Waals surface area contributed by atoms with E-state index in [1.807, 2.05) is 12.1 Å². The Kier molecular flexibility index (Phi) is 1.59. The molecule has 13 heavy (non-hydrogen) atoms. The van der Waals surface area contributed by atoms with Crippen molar-refractivity contribution in [3.63, 3.8) is 0 Å². The predicted molar refractivity (Wildman–Crippen MR) is 46.0 cm³/mol. The molecule has 66 valence electrons. The lowest BCUT2D eigenvalue weighted by Gasteiger charge is -1.99. The molecule has 0 atom stereocenters. The third-order valence-electron chi connectivity index (χ3n) is 1.51. The normalized spacial score (nSPS) is 10.2. The molecule has 0 saturated heterocycles. The molecule has 0 aliphatic rings. The highest BCUT2D eigenvalue weighted by Crippen LogP contribution is 2.07. The molecule has 0 aliphatic heterocycles. The molecule has 0 bridgehead atoms. The molecule has 3 N–H and O–H groups in total. The summed E-state index contributed by atoms with van der Waals surface area (Å²) in [6, 6.07) is 6.82. The summed E-state index contributed by atoms with van der Waals surface area (Å²) >= 11 is 0. The monoisotopic (exact) mass is 177 g/mol. The second-order valence-corrected chi connectivity index (χ2v) is 2.41. The van der Waals surface area contributed by atoms with Crippen LogP contribution in [-0.4, -0.2) is 21.2 Å². The lowest BCUT2D eigenvalue weighted by atomic mass is 10.3. The van der Waals surface area contributed by atoms with Gasteiger partial charge in [-0.05, 0) is 17.3 Å². The fraction of sp³-hybridized carbons (Fsp3) is 0. The zero-order valence-corrected chi connectivity index (χ0v) is 6.64. The molecule has 6 heteroatoms. The van der Waals surface area contributed by atoms with Crippen LogP contribution in [0.4, 0.5) is 0 Å². The van der Waals surface area contributed by atoms with Gasteiger partial charge in [0.1, 0.15) is 11.0 Å². The molecule has 2 rings (SSSR count). The Bertz CT molecular complexity index is 449. The molecule has 1 aromatic carbocycles. The highest BCUT2D eigenvalue weighted by atomic mass is 16.7. The lowest BCUT2D eigenvalue weighted by Crippen LogP contribution is -2.27. The van der Waals surface area contributed by atoms with E-state index in [-0.39, 0.29) is 0 Å². The van der Waals surface area contributed by atoms with E-state index in [4.69, 9.17) is 16.0 Å². The maximum Gasteiger partial charge on any atom is 0.309 e. The number of nitrogens with zero attached hydrogens (tertiary/aromatic N) is 3. The van der Waals surface area contributed by atoms with E-state index >= 15 is 0 Å². The summed E-state index contributed by atoms with van der Waals surface area (Å²) in [5.41, 5.74) is 6.42. The number of hydrogen-bond donors (Lipinski definition) is 2. The second kappa shape index (κ2) is 2.74. The molecule has 2 aromatic rings. The summed E-state index contributed by atoms with van der Waals surface area (Å²) in [5.74, 6) is 0. The Morgan fingerprint density at radius 2 is 2.23 bits per heavy atom. The van der Waals surface area contributed by atoms with Crippen LogP contribution in [0.15, 0.2) is 24.3 Å². The molecule has 0 radical (unpaired) electrons. The van der Waals surface area contributed by atoms with Crippen molar-refractivity contribution >= 4 is 17.1 Å². The van der Waals surface area contributed by atoms with Crippen LogP contribution in [0.3, 0.4) is 0 Å². The summed E-state index contributed by atoms with van der Waals surface area (Å²) in [5, 5.41) is 14.4. The Labute approximate surface area is 73.4 Å². The van der Waals surface area contributed by atoms with Gasteiger partial charge in [0, 0.05) is 0 Å². The van der Waals surface area contributed by atoms with Crippen LogP contribution in [0.2, 0.25) is 0 Å². The standard InChI is InChI=1S/C7H7N5O/c8-7(9)13-12-6-4-2-1-3-5(6)10-11-12/h1-4H,(H3,8,9). The topological polar surface area (TPSA) is 89.8 Å². The first-order valence-electron chi connectivity index (χ1n) is 3.60. The van der Waals surface area contributed by atoms with Gasteiger partial charge < -0.3 is 10.6 Å². The number of benzene rings is 1. The van der Waals surface area contributed by atoms with Gasteiger partial charge in [-0.3, -0.25) is 0 Å². The van der Waals surface area contributed by atoms with Crippen molar-refractivity contribution in [1.29, 1.82) is 5.41 Å². The number of nitrogens with one attached hydrogen (secondary N) is 1. The number of nitrogens with two attached hydrogens (primary N) is 1. The second-order valence-electron chi connectivity index (χ2n) is 2.41. The minimum absolute atomic E-state index is 0.421. The minimum atomic E-state index is -0.421. The fourth-order valence-electron chi connectivity index (χ4n) is 1.01. The number of rotatable bonds is 1. The van der Waals surface area contributed by atoms with Gasteiger partial charge in [-0.1, -0.05) is 17.0 Å². The summed E-state index contributed by atoms with van der Waals surface area (Å²) in [6.45, 7) is 0. The van der Waals surface area contributed by atoms with Crippen molar-refractivity contribution in [3.8, 4) is 0 Å². The molecule has 0 fully saturated rings. The van der Waals surface area contributed by atoms with Crippen molar-refractivity contribution < 1.29 is 4.84 Å². The maximum atomic E-state index is 6.91. The molecule has 1 heterocycles. The van der Waals surface area contributed by atoms with Crippen LogP contribution < -0.4 is 10.6 Å². The molecule has 6 nitrogen and oxygen atoms in total. The van der Waals surface area contributed by atoms with E-state index in [0.29, 0.717) is 11.0 Å². The zero-order chi connectivity index (χ0) is 9.26. The fourth-order valence-corrected chi connectivity index (χ4v) is 1.01. The smallest absolute Gasteiger partial charge is 0.309 e. The first kappa shape index (κ1) is 7.53. The predicted octanol–water partition coefficient (Wildman–Crippen LogP) is -0.247. The van der Waals surface area contributed by atoms with Crippen LogP contribution in [-0.2, 0) is 0 Å². The van der Waals surface area contributed by atoms with Gasteiger partial charge in [0.05, 0.1) is 0 Å². The molecule has 0 amide bonds. The Hall–Kier alpha value is -2.11. The molecule has 0 spiro atoms. The van der Waals surface area contributed by atoms with E-state index in [1.165, 1.54) is 0 Å². The van der Waals surface area contributed by atoms with E-state index in [0.717, 1.165) is 4.85 Å². The molecular weight excluding hydrogens is 170 g/mol. The molecular formula is C7H7N5O. The average Bonchev–Trinajstić information content (AvgIpc) is 2.48. The van der Waals surface area contributed by atoms with Gasteiger partial charge in [0.15, 0.2) is 0 Å².